The third kappa shape index (κ3) is 5.01. The molecule has 0 bridgehead atoms. The first-order chi connectivity index (χ1) is 11.0. The number of carbonyl (C=O) groups is 1. The van der Waals surface area contributed by atoms with Crippen molar-refractivity contribution in [3.8, 4) is 0 Å². The molecule has 1 heterocycles. The van der Waals surface area contributed by atoms with E-state index in [0.29, 0.717) is 12.3 Å². The van der Waals surface area contributed by atoms with Crippen molar-refractivity contribution in [3.05, 3.63) is 23.7 Å². The monoisotopic (exact) mass is 320 g/mol. The van der Waals surface area contributed by atoms with E-state index in [9.17, 15) is 4.79 Å². The van der Waals surface area contributed by atoms with Gasteiger partial charge in [0.2, 0.25) is 0 Å². The average molecular weight is 320 g/mol. The second kappa shape index (κ2) is 8.04. The van der Waals surface area contributed by atoms with E-state index in [1.54, 1.807) is 19.2 Å². The zero-order valence-electron chi connectivity index (χ0n) is 14.3. The minimum atomic E-state index is -0.552. The van der Waals surface area contributed by atoms with E-state index in [1.807, 2.05) is 0 Å². The van der Waals surface area contributed by atoms with Gasteiger partial charge in [-0.3, -0.25) is 9.79 Å². The highest BCUT2D eigenvalue weighted by atomic mass is 16.3. The standard InChI is InChI=1S/C17H28N4O2/c1-12-4-6-13(7-5-12)11-21(3)17(19-2)20-10-14-8-9-15(23-14)16(18)22/h8-9,12-13H,4-7,10-11H2,1-3H3,(H2,18,22)(H,19,20). The van der Waals surface area contributed by atoms with Crippen LogP contribution in [0.5, 0.6) is 0 Å². The summed E-state index contributed by atoms with van der Waals surface area (Å²) in [4.78, 5) is 17.5. The number of nitrogens with two attached hydrogens (primary N) is 1. The fourth-order valence-electron chi connectivity index (χ4n) is 3.14. The molecule has 0 saturated heterocycles. The summed E-state index contributed by atoms with van der Waals surface area (Å²) < 4.78 is 5.37. The zero-order chi connectivity index (χ0) is 16.8. The van der Waals surface area contributed by atoms with Gasteiger partial charge in [0.1, 0.15) is 5.76 Å². The average Bonchev–Trinajstić information content (AvgIpc) is 2.99. The minimum absolute atomic E-state index is 0.182. The molecule has 1 aromatic rings. The van der Waals surface area contributed by atoms with Crippen molar-refractivity contribution in [1.29, 1.82) is 0 Å². The zero-order valence-corrected chi connectivity index (χ0v) is 14.3. The molecule has 0 atom stereocenters. The fourth-order valence-corrected chi connectivity index (χ4v) is 3.14. The number of furan rings is 1. The Labute approximate surface area is 138 Å². The third-order valence-corrected chi connectivity index (χ3v) is 4.57. The van der Waals surface area contributed by atoms with E-state index in [1.165, 1.54) is 25.7 Å². The summed E-state index contributed by atoms with van der Waals surface area (Å²) in [6.07, 6.45) is 5.24. The van der Waals surface area contributed by atoms with Crippen molar-refractivity contribution >= 4 is 11.9 Å². The lowest BCUT2D eigenvalue weighted by molar-refractivity contribution is 0.0972. The van der Waals surface area contributed by atoms with Gasteiger partial charge in [-0.05, 0) is 36.8 Å². The van der Waals surface area contributed by atoms with E-state index in [0.717, 1.165) is 24.3 Å². The Bertz CT molecular complexity index is 545. The van der Waals surface area contributed by atoms with Crippen molar-refractivity contribution < 1.29 is 9.21 Å². The van der Waals surface area contributed by atoms with Crippen molar-refractivity contribution in [3.63, 3.8) is 0 Å². The maximum absolute atomic E-state index is 11.0. The molecule has 2 rings (SSSR count). The highest BCUT2D eigenvalue weighted by molar-refractivity contribution is 5.89. The Morgan fingerprint density at radius 2 is 2.09 bits per heavy atom. The van der Waals surface area contributed by atoms with Gasteiger partial charge in [-0.2, -0.15) is 0 Å². The molecule has 1 saturated carbocycles. The Balaban J connectivity index is 1.82. The number of hydrogen-bond acceptors (Lipinski definition) is 3. The quantitative estimate of drug-likeness (QED) is 0.643. The summed E-state index contributed by atoms with van der Waals surface area (Å²) in [5, 5.41) is 3.27. The van der Waals surface area contributed by atoms with Gasteiger partial charge in [0, 0.05) is 20.6 Å². The minimum Gasteiger partial charge on any atom is -0.454 e. The summed E-state index contributed by atoms with van der Waals surface area (Å²) in [5.74, 6) is 2.73. The van der Waals surface area contributed by atoms with Crippen LogP contribution < -0.4 is 11.1 Å². The predicted molar refractivity (Wildman–Crippen MR) is 91.2 cm³/mol. The predicted octanol–water partition coefficient (Wildman–Crippen LogP) is 2.21. The number of aliphatic imine (C=N–C) groups is 1. The molecule has 6 nitrogen and oxygen atoms in total. The molecule has 3 N–H and O–H groups in total. The van der Waals surface area contributed by atoms with E-state index < -0.39 is 5.91 Å². The number of hydrogen-bond donors (Lipinski definition) is 2. The summed E-state index contributed by atoms with van der Waals surface area (Å²) in [6, 6.07) is 3.35. The number of carbonyl (C=O) groups excluding carboxylic acids is 1. The third-order valence-electron chi connectivity index (χ3n) is 4.57. The van der Waals surface area contributed by atoms with Gasteiger partial charge in [0.25, 0.3) is 5.91 Å². The molecule has 1 aliphatic carbocycles. The van der Waals surface area contributed by atoms with Crippen LogP contribution in [0.3, 0.4) is 0 Å². The van der Waals surface area contributed by atoms with Crippen LogP contribution >= 0.6 is 0 Å². The van der Waals surface area contributed by atoms with Crippen molar-refractivity contribution in [2.75, 3.05) is 20.6 Å². The van der Waals surface area contributed by atoms with Gasteiger partial charge in [0.05, 0.1) is 6.54 Å². The van der Waals surface area contributed by atoms with Crippen molar-refractivity contribution in [2.45, 2.75) is 39.2 Å². The highest BCUT2D eigenvalue weighted by Crippen LogP contribution is 2.28. The van der Waals surface area contributed by atoms with Gasteiger partial charge in [-0.25, -0.2) is 0 Å². The summed E-state index contributed by atoms with van der Waals surface area (Å²) in [6.45, 7) is 3.83. The molecule has 1 fully saturated rings. The maximum atomic E-state index is 11.0. The van der Waals surface area contributed by atoms with E-state index >= 15 is 0 Å². The molecule has 23 heavy (non-hydrogen) atoms. The normalized spacial score (nSPS) is 22.0. The Hall–Kier alpha value is -1.98. The first kappa shape index (κ1) is 17.4. The molecule has 0 spiro atoms. The lowest BCUT2D eigenvalue weighted by atomic mass is 9.83. The van der Waals surface area contributed by atoms with Crippen LogP contribution in [0.25, 0.3) is 0 Å². The van der Waals surface area contributed by atoms with Gasteiger partial charge in [-0.15, -0.1) is 0 Å². The lowest BCUT2D eigenvalue weighted by Gasteiger charge is -2.31. The smallest absolute Gasteiger partial charge is 0.284 e. The summed E-state index contributed by atoms with van der Waals surface area (Å²) in [5.41, 5.74) is 5.19. The molecule has 6 heteroatoms. The number of guanidine groups is 1. The first-order valence-electron chi connectivity index (χ1n) is 8.30. The Morgan fingerprint density at radius 3 is 2.65 bits per heavy atom. The van der Waals surface area contributed by atoms with E-state index in [-0.39, 0.29) is 5.76 Å². The van der Waals surface area contributed by atoms with Crippen LogP contribution in [-0.2, 0) is 6.54 Å². The Morgan fingerprint density at radius 1 is 1.39 bits per heavy atom. The van der Waals surface area contributed by atoms with Crippen LogP contribution in [0.2, 0.25) is 0 Å². The van der Waals surface area contributed by atoms with Crippen LogP contribution in [0.15, 0.2) is 21.5 Å². The Kier molecular flexibility index (Phi) is 6.07. The van der Waals surface area contributed by atoms with Gasteiger partial charge >= 0.3 is 0 Å². The van der Waals surface area contributed by atoms with Gasteiger partial charge in [-0.1, -0.05) is 19.8 Å². The molecule has 0 aromatic carbocycles. The molecular formula is C17H28N4O2. The largest absolute Gasteiger partial charge is 0.454 e. The number of nitrogens with one attached hydrogen (secondary N) is 1. The van der Waals surface area contributed by atoms with E-state index in [2.05, 4.69) is 29.2 Å². The highest BCUT2D eigenvalue weighted by Gasteiger charge is 2.20. The molecule has 128 valence electrons. The summed E-state index contributed by atoms with van der Waals surface area (Å²) in [7, 11) is 3.84. The second-order valence-corrected chi connectivity index (χ2v) is 6.54. The molecule has 0 unspecified atom stereocenters. The van der Waals surface area contributed by atoms with E-state index in [4.69, 9.17) is 10.2 Å². The summed E-state index contributed by atoms with van der Waals surface area (Å²) >= 11 is 0. The van der Waals surface area contributed by atoms with Crippen LogP contribution in [0, 0.1) is 11.8 Å². The van der Waals surface area contributed by atoms with Gasteiger partial charge in [0.15, 0.2) is 11.7 Å². The molecule has 0 aliphatic heterocycles. The van der Waals surface area contributed by atoms with Gasteiger partial charge < -0.3 is 20.4 Å². The van der Waals surface area contributed by atoms with Crippen LogP contribution in [0.4, 0.5) is 0 Å². The molecule has 1 amide bonds. The van der Waals surface area contributed by atoms with Crippen LogP contribution in [0.1, 0.15) is 48.9 Å². The van der Waals surface area contributed by atoms with Crippen molar-refractivity contribution in [2.24, 2.45) is 22.6 Å². The van der Waals surface area contributed by atoms with Crippen molar-refractivity contribution in [1.82, 2.24) is 10.2 Å². The fraction of sp³-hybridized carbons (Fsp3) is 0.647. The number of nitrogens with zero attached hydrogens (tertiary/aromatic N) is 2. The molecule has 0 radical (unpaired) electrons. The second-order valence-electron chi connectivity index (χ2n) is 6.54. The first-order valence-corrected chi connectivity index (χ1v) is 8.30. The number of rotatable bonds is 5. The maximum Gasteiger partial charge on any atom is 0.284 e. The number of primary amides is 1. The molecule has 1 aromatic heterocycles. The lowest BCUT2D eigenvalue weighted by Crippen LogP contribution is -2.41. The molecule has 1 aliphatic rings. The molecular weight excluding hydrogens is 292 g/mol. The topological polar surface area (TPSA) is 83.9 Å². The SMILES string of the molecule is CN=C(NCc1ccc(C(N)=O)o1)N(C)CC1CCC(C)CC1. The van der Waals surface area contributed by atoms with Crippen LogP contribution in [-0.4, -0.2) is 37.4 Å². The number of amides is 1.